The highest BCUT2D eigenvalue weighted by Gasteiger charge is 2.19. The average molecular weight is 405 g/mol. The zero-order valence-electron chi connectivity index (χ0n) is 15.7. The first-order valence-corrected chi connectivity index (χ1v) is 9.92. The van der Waals surface area contributed by atoms with Crippen LogP contribution in [0.1, 0.15) is 37.8 Å². The summed E-state index contributed by atoms with van der Waals surface area (Å²) in [5.74, 6) is -0.686. The van der Waals surface area contributed by atoms with Gasteiger partial charge in [0.05, 0.1) is 18.1 Å². The second-order valence-electron chi connectivity index (χ2n) is 6.19. The van der Waals surface area contributed by atoms with Crippen LogP contribution in [0.3, 0.4) is 0 Å². The molecule has 1 aromatic heterocycles. The lowest BCUT2D eigenvalue weighted by atomic mass is 10.2. The van der Waals surface area contributed by atoms with Crippen LogP contribution in [0.4, 0.5) is 0 Å². The number of nitriles is 1. The number of aromatic nitrogens is 1. The van der Waals surface area contributed by atoms with Gasteiger partial charge >= 0.3 is 5.97 Å². The number of hydrogen-bond acceptors (Lipinski definition) is 6. The molecule has 0 radical (unpaired) electrons. The Kier molecular flexibility index (Phi) is 7.09. The molecule has 3 aromatic rings. The minimum atomic E-state index is -0.437. The van der Waals surface area contributed by atoms with Crippen LogP contribution in [-0.2, 0) is 17.9 Å². The van der Waals surface area contributed by atoms with E-state index < -0.39 is 5.97 Å². The van der Waals surface area contributed by atoms with E-state index in [9.17, 15) is 9.59 Å². The van der Waals surface area contributed by atoms with Crippen molar-refractivity contribution in [1.29, 1.82) is 5.26 Å². The van der Waals surface area contributed by atoms with Gasteiger partial charge in [-0.2, -0.15) is 5.26 Å². The first-order chi connectivity index (χ1) is 14.2. The van der Waals surface area contributed by atoms with E-state index >= 15 is 0 Å². The number of carbonyl (C=O) groups excluding carboxylic acids is 2. The zero-order chi connectivity index (χ0) is 20.5. The van der Waals surface area contributed by atoms with Crippen molar-refractivity contribution in [3.8, 4) is 6.07 Å². The molecular weight excluding hydrogens is 386 g/mol. The van der Waals surface area contributed by atoms with Crippen molar-refractivity contribution >= 4 is 23.2 Å². The molecule has 3 rings (SSSR count). The van der Waals surface area contributed by atoms with E-state index in [1.54, 1.807) is 34.5 Å². The van der Waals surface area contributed by atoms with Crippen molar-refractivity contribution in [2.24, 2.45) is 0 Å². The number of thiazole rings is 1. The van der Waals surface area contributed by atoms with E-state index in [2.05, 4.69) is 11.1 Å². The summed E-state index contributed by atoms with van der Waals surface area (Å²) < 4.78 is 5.27. The molecule has 0 unspecified atom stereocenters. The van der Waals surface area contributed by atoms with Crippen LogP contribution in [0.15, 0.2) is 66.0 Å². The average Bonchev–Trinajstić information content (AvgIpc) is 3.25. The molecular formula is C22H19N3O3S. The molecule has 6 nitrogen and oxygen atoms in total. The van der Waals surface area contributed by atoms with Gasteiger partial charge in [0, 0.05) is 18.5 Å². The van der Waals surface area contributed by atoms with Crippen molar-refractivity contribution < 1.29 is 14.3 Å². The van der Waals surface area contributed by atoms with Crippen LogP contribution in [-0.4, -0.2) is 28.3 Å². The summed E-state index contributed by atoms with van der Waals surface area (Å²) in [5.41, 5.74) is 1.73. The summed E-state index contributed by atoms with van der Waals surface area (Å²) in [5, 5.41) is 11.1. The summed E-state index contributed by atoms with van der Waals surface area (Å²) in [7, 11) is 0. The molecule has 7 heteroatoms. The van der Waals surface area contributed by atoms with E-state index in [0.717, 1.165) is 5.56 Å². The van der Waals surface area contributed by atoms with Crippen LogP contribution in [0, 0.1) is 11.3 Å². The van der Waals surface area contributed by atoms with Gasteiger partial charge in [0.25, 0.3) is 5.91 Å². The highest BCUT2D eigenvalue weighted by Crippen LogP contribution is 2.16. The van der Waals surface area contributed by atoms with Crippen molar-refractivity contribution in [2.75, 3.05) is 6.54 Å². The third-order valence-corrected chi connectivity index (χ3v) is 4.93. The summed E-state index contributed by atoms with van der Waals surface area (Å²) in [6.45, 7) is 0.722. The lowest BCUT2D eigenvalue weighted by molar-refractivity contribution is 0.0472. The predicted octanol–water partition coefficient (Wildman–Crippen LogP) is 4.06. The minimum absolute atomic E-state index is 0.00253. The Morgan fingerprint density at radius 2 is 1.76 bits per heavy atom. The summed E-state index contributed by atoms with van der Waals surface area (Å²) >= 11 is 1.26. The first kappa shape index (κ1) is 20.2. The fourth-order valence-electron chi connectivity index (χ4n) is 2.66. The molecule has 1 amide bonds. The third kappa shape index (κ3) is 5.74. The Balaban J connectivity index is 1.64. The second kappa shape index (κ2) is 10.2. The van der Waals surface area contributed by atoms with Gasteiger partial charge in [-0.3, -0.25) is 4.79 Å². The number of rotatable bonds is 8. The maximum absolute atomic E-state index is 12.9. The standard InChI is InChI=1S/C22H19N3O3S/c23-12-7-13-25(14-17-8-3-1-4-9-17)21(26)19-16-29-20(24-19)15-28-22(27)18-10-5-2-6-11-18/h1-6,8-11,16H,7,13-15H2. The third-order valence-electron chi connectivity index (χ3n) is 4.10. The molecule has 0 saturated carbocycles. The lowest BCUT2D eigenvalue weighted by Crippen LogP contribution is -2.31. The predicted molar refractivity (Wildman–Crippen MR) is 109 cm³/mol. The molecule has 0 N–H and O–H groups in total. The van der Waals surface area contributed by atoms with Gasteiger partial charge in [-0.05, 0) is 17.7 Å². The van der Waals surface area contributed by atoms with Gasteiger partial charge < -0.3 is 9.64 Å². The number of carbonyl (C=O) groups is 2. The van der Waals surface area contributed by atoms with Crippen molar-refractivity contribution in [3.63, 3.8) is 0 Å². The van der Waals surface area contributed by atoms with E-state index in [0.29, 0.717) is 23.7 Å². The van der Waals surface area contributed by atoms with E-state index in [1.165, 1.54) is 11.3 Å². The largest absolute Gasteiger partial charge is 0.455 e. The molecule has 0 fully saturated rings. The van der Waals surface area contributed by atoms with Gasteiger partial charge in [-0.1, -0.05) is 48.5 Å². The SMILES string of the molecule is N#CCCN(Cc1ccccc1)C(=O)c1csc(COC(=O)c2ccccc2)n1. The molecule has 0 aliphatic heterocycles. The number of benzene rings is 2. The number of hydrogen-bond donors (Lipinski definition) is 0. The Morgan fingerprint density at radius 3 is 2.45 bits per heavy atom. The zero-order valence-corrected chi connectivity index (χ0v) is 16.5. The first-order valence-electron chi connectivity index (χ1n) is 9.04. The number of esters is 1. The molecule has 0 aliphatic rings. The van der Waals surface area contributed by atoms with Crippen LogP contribution in [0.25, 0.3) is 0 Å². The van der Waals surface area contributed by atoms with Crippen molar-refractivity contribution in [1.82, 2.24) is 9.88 Å². The monoisotopic (exact) mass is 405 g/mol. The second-order valence-corrected chi connectivity index (χ2v) is 7.13. The van der Waals surface area contributed by atoms with Crippen molar-refractivity contribution in [3.05, 3.63) is 87.9 Å². The van der Waals surface area contributed by atoms with Gasteiger partial charge in [-0.15, -0.1) is 11.3 Å². The van der Waals surface area contributed by atoms with E-state index in [1.807, 2.05) is 36.4 Å². The molecule has 2 aromatic carbocycles. The van der Waals surface area contributed by atoms with Crippen LogP contribution in [0.5, 0.6) is 0 Å². The molecule has 146 valence electrons. The molecule has 0 aliphatic carbocycles. The Morgan fingerprint density at radius 1 is 1.07 bits per heavy atom. The smallest absolute Gasteiger partial charge is 0.338 e. The molecule has 0 saturated heterocycles. The molecule has 1 heterocycles. The maximum Gasteiger partial charge on any atom is 0.338 e. The number of nitrogens with zero attached hydrogens (tertiary/aromatic N) is 3. The van der Waals surface area contributed by atoms with Gasteiger partial charge in [0.15, 0.2) is 0 Å². The molecule has 0 atom stereocenters. The maximum atomic E-state index is 12.9. The van der Waals surface area contributed by atoms with Crippen molar-refractivity contribution in [2.45, 2.75) is 19.6 Å². The lowest BCUT2D eigenvalue weighted by Gasteiger charge is -2.20. The van der Waals surface area contributed by atoms with Crippen LogP contribution in [0.2, 0.25) is 0 Å². The van der Waals surface area contributed by atoms with Crippen LogP contribution >= 0.6 is 11.3 Å². The Hall–Kier alpha value is -3.50. The summed E-state index contributed by atoms with van der Waals surface area (Å²) in [6.07, 6.45) is 0.240. The highest BCUT2D eigenvalue weighted by atomic mass is 32.1. The van der Waals surface area contributed by atoms with Crippen LogP contribution < -0.4 is 0 Å². The van der Waals surface area contributed by atoms with Gasteiger partial charge in [-0.25, -0.2) is 9.78 Å². The topological polar surface area (TPSA) is 83.3 Å². The quantitative estimate of drug-likeness (QED) is 0.528. The van der Waals surface area contributed by atoms with Gasteiger partial charge in [0.2, 0.25) is 0 Å². The molecule has 29 heavy (non-hydrogen) atoms. The molecule has 0 spiro atoms. The summed E-state index contributed by atoms with van der Waals surface area (Å²) in [6, 6.07) is 20.4. The van der Waals surface area contributed by atoms with E-state index in [4.69, 9.17) is 10.00 Å². The van der Waals surface area contributed by atoms with Gasteiger partial charge in [0.1, 0.15) is 17.3 Å². The molecule has 0 bridgehead atoms. The van der Waals surface area contributed by atoms with E-state index in [-0.39, 0.29) is 24.6 Å². The number of amides is 1. The fourth-order valence-corrected chi connectivity index (χ4v) is 3.34. The Bertz CT molecular complexity index is 997. The normalized spacial score (nSPS) is 10.2. The Labute approximate surface area is 173 Å². The minimum Gasteiger partial charge on any atom is -0.455 e. The number of ether oxygens (including phenoxy) is 1. The fraction of sp³-hybridized carbons (Fsp3) is 0.182. The summed E-state index contributed by atoms with van der Waals surface area (Å²) in [4.78, 5) is 30.8. The highest BCUT2D eigenvalue weighted by molar-refractivity contribution is 7.09.